The Balaban J connectivity index is 0.000000360. The van der Waals surface area contributed by atoms with Gasteiger partial charge in [-0.05, 0) is 44.5 Å². The maximum atomic E-state index is 12.8. The molecule has 0 bridgehead atoms. The summed E-state index contributed by atoms with van der Waals surface area (Å²) < 4.78 is 48.7. The molecule has 0 aromatic heterocycles. The summed E-state index contributed by atoms with van der Waals surface area (Å²) in [5.74, 6) is -3.57. The number of alkyl halides is 3. The van der Waals surface area contributed by atoms with Crippen LogP contribution >= 0.6 is 0 Å². The Morgan fingerprint density at radius 1 is 0.900 bits per heavy atom. The smallest absolute Gasteiger partial charge is 0.392 e. The van der Waals surface area contributed by atoms with Crippen molar-refractivity contribution in [1.29, 1.82) is 0 Å². The normalized spacial score (nSPS) is 17.8. The molecular formula is C29H29F3O8. The minimum atomic E-state index is -4.52. The van der Waals surface area contributed by atoms with Gasteiger partial charge in [0.2, 0.25) is 0 Å². The van der Waals surface area contributed by atoms with Crippen LogP contribution in [0.3, 0.4) is 0 Å². The van der Waals surface area contributed by atoms with Crippen LogP contribution in [-0.4, -0.2) is 52.5 Å². The van der Waals surface area contributed by atoms with Gasteiger partial charge in [-0.3, -0.25) is 4.79 Å². The van der Waals surface area contributed by atoms with Gasteiger partial charge in [0.25, 0.3) is 0 Å². The van der Waals surface area contributed by atoms with Crippen LogP contribution in [0.15, 0.2) is 84.5 Å². The first kappa shape index (κ1) is 31.8. The summed E-state index contributed by atoms with van der Waals surface area (Å²) in [5.41, 5.74) is -0.508. The average Bonchev–Trinajstić information content (AvgIpc) is 2.89. The molecule has 3 atom stereocenters. The zero-order chi connectivity index (χ0) is 29.9. The van der Waals surface area contributed by atoms with Crippen LogP contribution in [0.4, 0.5) is 13.2 Å². The highest BCUT2D eigenvalue weighted by atomic mass is 19.4. The number of carboxylic acid groups (broad SMARTS) is 2. The number of carboxylic acids is 2. The van der Waals surface area contributed by atoms with Crippen LogP contribution in [-0.2, 0) is 19.1 Å². The number of aliphatic carboxylic acids is 2. The molecular weight excluding hydrogens is 533 g/mol. The highest BCUT2D eigenvalue weighted by Gasteiger charge is 2.36. The molecule has 0 radical (unpaired) electrons. The Labute approximate surface area is 228 Å². The van der Waals surface area contributed by atoms with Crippen molar-refractivity contribution in [3.8, 4) is 0 Å². The SMILES string of the molecule is CC(CC(CC(F)(F)F)OC(=O)c1ccccc1)OC(=O)c1ccccc1.CC1(C(=O)O)C=CC=C(C(=O)O)C1. The molecule has 8 nitrogen and oxygen atoms in total. The van der Waals surface area contributed by atoms with Gasteiger partial charge < -0.3 is 19.7 Å². The van der Waals surface area contributed by atoms with E-state index in [2.05, 4.69) is 0 Å². The van der Waals surface area contributed by atoms with Gasteiger partial charge in [0.05, 0.1) is 23.0 Å². The fourth-order valence-electron chi connectivity index (χ4n) is 3.65. The van der Waals surface area contributed by atoms with E-state index in [1.165, 1.54) is 56.3 Å². The number of hydrogen-bond donors (Lipinski definition) is 2. The first-order valence-electron chi connectivity index (χ1n) is 12.1. The van der Waals surface area contributed by atoms with Crippen LogP contribution in [0.5, 0.6) is 0 Å². The summed E-state index contributed by atoms with van der Waals surface area (Å²) in [5, 5.41) is 17.5. The number of esters is 2. The molecule has 3 rings (SSSR count). The van der Waals surface area contributed by atoms with Crippen molar-refractivity contribution >= 4 is 23.9 Å². The molecule has 0 amide bonds. The predicted octanol–water partition coefficient (Wildman–Crippen LogP) is 5.85. The summed E-state index contributed by atoms with van der Waals surface area (Å²) >= 11 is 0. The Bertz CT molecular complexity index is 1240. The second-order valence-corrected chi connectivity index (χ2v) is 9.29. The third-order valence-electron chi connectivity index (χ3n) is 5.74. The number of carbonyl (C=O) groups excluding carboxylic acids is 2. The lowest BCUT2D eigenvalue weighted by molar-refractivity contribution is -0.156. The molecule has 1 aliphatic carbocycles. The molecule has 3 unspecified atom stereocenters. The van der Waals surface area contributed by atoms with Gasteiger partial charge in [0.1, 0.15) is 12.2 Å². The highest BCUT2D eigenvalue weighted by molar-refractivity contribution is 5.90. The van der Waals surface area contributed by atoms with E-state index in [1.54, 1.807) is 36.4 Å². The van der Waals surface area contributed by atoms with E-state index < -0.39 is 54.1 Å². The number of benzene rings is 2. The molecule has 0 saturated heterocycles. The minimum Gasteiger partial charge on any atom is -0.481 e. The predicted molar refractivity (Wildman–Crippen MR) is 137 cm³/mol. The van der Waals surface area contributed by atoms with Crippen LogP contribution in [0, 0.1) is 5.41 Å². The van der Waals surface area contributed by atoms with Crippen LogP contribution in [0.2, 0.25) is 0 Å². The lowest BCUT2D eigenvalue weighted by atomic mass is 9.80. The van der Waals surface area contributed by atoms with E-state index in [9.17, 15) is 32.3 Å². The third-order valence-corrected chi connectivity index (χ3v) is 5.74. The van der Waals surface area contributed by atoms with Crippen molar-refractivity contribution in [3.63, 3.8) is 0 Å². The molecule has 2 N–H and O–H groups in total. The van der Waals surface area contributed by atoms with Crippen molar-refractivity contribution in [1.82, 2.24) is 0 Å². The highest BCUT2D eigenvalue weighted by Crippen LogP contribution is 2.31. The first-order chi connectivity index (χ1) is 18.7. The second kappa shape index (κ2) is 14.1. The summed E-state index contributed by atoms with van der Waals surface area (Å²) in [4.78, 5) is 45.4. The van der Waals surface area contributed by atoms with Crippen molar-refractivity contribution in [2.24, 2.45) is 5.41 Å². The van der Waals surface area contributed by atoms with Gasteiger partial charge >= 0.3 is 30.1 Å². The van der Waals surface area contributed by atoms with Gasteiger partial charge in [-0.25, -0.2) is 14.4 Å². The van der Waals surface area contributed by atoms with Crippen LogP contribution in [0.25, 0.3) is 0 Å². The number of allylic oxidation sites excluding steroid dienone is 2. The summed E-state index contributed by atoms with van der Waals surface area (Å²) in [6.07, 6.45) is -4.01. The number of carbonyl (C=O) groups is 4. The molecule has 0 aliphatic heterocycles. The average molecular weight is 563 g/mol. The van der Waals surface area contributed by atoms with Gasteiger partial charge in [-0.15, -0.1) is 0 Å². The van der Waals surface area contributed by atoms with Crippen molar-refractivity contribution in [3.05, 3.63) is 95.6 Å². The molecule has 2 aromatic carbocycles. The first-order valence-corrected chi connectivity index (χ1v) is 12.1. The van der Waals surface area contributed by atoms with Crippen molar-refractivity contribution < 1.29 is 52.0 Å². The van der Waals surface area contributed by atoms with Gasteiger partial charge in [-0.2, -0.15) is 13.2 Å². The number of hydrogen-bond acceptors (Lipinski definition) is 6. The molecule has 0 spiro atoms. The summed E-state index contributed by atoms with van der Waals surface area (Å²) in [6.45, 7) is 2.96. The molecule has 0 heterocycles. The molecule has 0 saturated carbocycles. The Morgan fingerprint density at radius 2 is 1.40 bits per heavy atom. The molecule has 0 fully saturated rings. The van der Waals surface area contributed by atoms with Gasteiger partial charge in [0, 0.05) is 12.0 Å². The van der Waals surface area contributed by atoms with Gasteiger partial charge in [0.15, 0.2) is 0 Å². The van der Waals surface area contributed by atoms with E-state index in [4.69, 9.17) is 19.7 Å². The Hall–Kier alpha value is -4.41. The third kappa shape index (κ3) is 10.4. The van der Waals surface area contributed by atoms with E-state index >= 15 is 0 Å². The lowest BCUT2D eigenvalue weighted by Gasteiger charge is -2.23. The number of halogens is 3. The quantitative estimate of drug-likeness (QED) is 0.365. The molecule has 2 aromatic rings. The van der Waals surface area contributed by atoms with E-state index in [0.717, 1.165) is 0 Å². The second-order valence-electron chi connectivity index (χ2n) is 9.29. The summed E-state index contributed by atoms with van der Waals surface area (Å²) in [7, 11) is 0. The van der Waals surface area contributed by atoms with Crippen LogP contribution in [0.1, 0.15) is 53.8 Å². The maximum absolute atomic E-state index is 12.8. The zero-order valence-corrected chi connectivity index (χ0v) is 21.8. The Kier molecular flexibility index (Phi) is 11.2. The topological polar surface area (TPSA) is 127 Å². The van der Waals surface area contributed by atoms with Crippen molar-refractivity contribution in [2.75, 3.05) is 0 Å². The molecule has 214 valence electrons. The minimum absolute atomic E-state index is 0.0359. The number of rotatable bonds is 9. The zero-order valence-electron chi connectivity index (χ0n) is 21.8. The van der Waals surface area contributed by atoms with Crippen LogP contribution < -0.4 is 0 Å². The Morgan fingerprint density at radius 3 is 1.85 bits per heavy atom. The van der Waals surface area contributed by atoms with E-state index in [0.29, 0.717) is 0 Å². The van der Waals surface area contributed by atoms with Gasteiger partial charge in [-0.1, -0.05) is 54.6 Å². The maximum Gasteiger partial charge on any atom is 0.392 e. The number of ether oxygens (including phenoxy) is 2. The summed E-state index contributed by atoms with van der Waals surface area (Å²) in [6, 6.07) is 15.8. The standard InChI is InChI=1S/C20H19F3O4.C9H10O4/c1-14(26-18(24)15-8-4-2-5-9-15)12-17(13-20(21,22)23)27-19(25)16-10-6-3-7-11-16;1-9(8(12)13)4-2-3-6(5-9)7(10)11/h2-11,14,17H,12-13H2,1H3;2-4H,5H2,1H3,(H,10,11)(H,12,13). The fraction of sp³-hybridized carbons (Fsp3) is 0.310. The molecule has 1 aliphatic rings. The molecule has 11 heteroatoms. The van der Waals surface area contributed by atoms with E-state index in [-0.39, 0.29) is 29.5 Å². The monoisotopic (exact) mass is 562 g/mol. The fourth-order valence-corrected chi connectivity index (χ4v) is 3.65. The lowest BCUT2D eigenvalue weighted by Crippen LogP contribution is -2.30. The van der Waals surface area contributed by atoms with E-state index in [1.807, 2.05) is 0 Å². The largest absolute Gasteiger partial charge is 0.481 e. The molecule has 40 heavy (non-hydrogen) atoms. The van der Waals surface area contributed by atoms with Crippen molar-refractivity contribution in [2.45, 2.75) is 51.5 Å².